The number of nitrogens with zero attached hydrogens (tertiary/aromatic N) is 2. The van der Waals surface area contributed by atoms with E-state index in [2.05, 4.69) is 20.9 Å². The first-order chi connectivity index (χ1) is 13.5. The van der Waals surface area contributed by atoms with Crippen molar-refractivity contribution in [1.29, 1.82) is 5.26 Å². The molecule has 0 spiro atoms. The van der Waals surface area contributed by atoms with Gasteiger partial charge in [0.05, 0.1) is 11.6 Å². The van der Waals surface area contributed by atoms with Crippen LogP contribution >= 0.6 is 0 Å². The van der Waals surface area contributed by atoms with Crippen molar-refractivity contribution < 1.29 is 9.59 Å². The van der Waals surface area contributed by atoms with Gasteiger partial charge in [0.15, 0.2) is 0 Å². The number of rotatable bonds is 5. The Morgan fingerprint density at radius 3 is 2.11 bits per heavy atom. The molecule has 0 unspecified atom stereocenters. The van der Waals surface area contributed by atoms with Gasteiger partial charge in [-0.25, -0.2) is 0 Å². The molecule has 0 aliphatic carbocycles. The maximum atomic E-state index is 12.4. The third kappa shape index (κ3) is 4.93. The highest BCUT2D eigenvalue weighted by molar-refractivity contribution is 6.03. The van der Waals surface area contributed by atoms with Gasteiger partial charge in [-0.05, 0) is 60.7 Å². The van der Waals surface area contributed by atoms with Crippen molar-refractivity contribution in [2.24, 2.45) is 0 Å². The number of pyridine rings is 1. The van der Waals surface area contributed by atoms with E-state index in [-0.39, 0.29) is 17.5 Å². The van der Waals surface area contributed by atoms with Crippen molar-refractivity contribution in [2.45, 2.75) is 6.92 Å². The molecule has 0 aliphatic rings. The Hall–Kier alpha value is -4.18. The summed E-state index contributed by atoms with van der Waals surface area (Å²) in [5.74, 6) is -0.484. The molecule has 0 radical (unpaired) electrons. The molecule has 2 aromatic carbocycles. The average Bonchev–Trinajstić information content (AvgIpc) is 2.70. The molecule has 0 saturated carbocycles. The van der Waals surface area contributed by atoms with E-state index in [0.717, 1.165) is 5.69 Å². The van der Waals surface area contributed by atoms with Gasteiger partial charge in [-0.3, -0.25) is 14.6 Å². The first kappa shape index (κ1) is 18.6. The van der Waals surface area contributed by atoms with Crippen molar-refractivity contribution in [2.75, 3.05) is 16.0 Å². The highest BCUT2D eigenvalue weighted by Crippen LogP contribution is 2.20. The molecule has 1 aromatic heterocycles. The summed E-state index contributed by atoms with van der Waals surface area (Å²) in [5, 5.41) is 17.5. The van der Waals surface area contributed by atoms with Crippen molar-refractivity contribution in [3.05, 3.63) is 78.1 Å². The lowest BCUT2D eigenvalue weighted by molar-refractivity contribution is -0.114. The van der Waals surface area contributed by atoms with Crippen LogP contribution in [0.1, 0.15) is 23.0 Å². The van der Waals surface area contributed by atoms with Crippen LogP contribution in [-0.2, 0) is 4.79 Å². The van der Waals surface area contributed by atoms with E-state index >= 15 is 0 Å². The zero-order chi connectivity index (χ0) is 19.9. The first-order valence-electron chi connectivity index (χ1n) is 8.46. The molecule has 3 N–H and O–H groups in total. The van der Waals surface area contributed by atoms with Crippen molar-refractivity contribution in [1.82, 2.24) is 4.98 Å². The Kier molecular flexibility index (Phi) is 5.63. The number of amides is 2. The van der Waals surface area contributed by atoms with Gasteiger partial charge in [0.1, 0.15) is 5.69 Å². The first-order valence-corrected chi connectivity index (χ1v) is 8.46. The number of hydrogen-bond donors (Lipinski definition) is 3. The van der Waals surface area contributed by atoms with Gasteiger partial charge in [0.25, 0.3) is 5.91 Å². The summed E-state index contributed by atoms with van der Waals surface area (Å²) >= 11 is 0. The molecule has 0 aliphatic heterocycles. The van der Waals surface area contributed by atoms with Crippen LogP contribution in [0.3, 0.4) is 0 Å². The van der Waals surface area contributed by atoms with E-state index in [1.807, 2.05) is 18.2 Å². The number of carbonyl (C=O) groups is 2. The van der Waals surface area contributed by atoms with Crippen LogP contribution in [-0.4, -0.2) is 16.8 Å². The van der Waals surface area contributed by atoms with Gasteiger partial charge in [-0.2, -0.15) is 5.26 Å². The van der Waals surface area contributed by atoms with E-state index in [1.54, 1.807) is 54.7 Å². The van der Waals surface area contributed by atoms with Gasteiger partial charge >= 0.3 is 0 Å². The highest BCUT2D eigenvalue weighted by atomic mass is 16.2. The molecule has 28 heavy (non-hydrogen) atoms. The lowest BCUT2D eigenvalue weighted by Gasteiger charge is -2.09. The fourth-order valence-corrected chi connectivity index (χ4v) is 2.46. The predicted octanol–water partition coefficient (Wildman–Crippen LogP) is 3.91. The zero-order valence-corrected chi connectivity index (χ0v) is 15.1. The standard InChI is InChI=1S/C21H17N5O2/c1-14(27)24-16-6-8-17(9-7-16)25-19-10-11-23-20(12-19)21(28)26-18-4-2-15(13-22)3-5-18/h2-12H,1H3,(H,23,25)(H,24,27)(H,26,28). The molecular weight excluding hydrogens is 354 g/mol. The van der Waals surface area contributed by atoms with Crippen molar-refractivity contribution in [3.63, 3.8) is 0 Å². The second kappa shape index (κ2) is 8.47. The molecule has 3 aromatic rings. The quantitative estimate of drug-likeness (QED) is 0.630. The summed E-state index contributed by atoms with van der Waals surface area (Å²) in [4.78, 5) is 27.6. The van der Waals surface area contributed by atoms with E-state index < -0.39 is 0 Å². The summed E-state index contributed by atoms with van der Waals surface area (Å²) in [6.07, 6.45) is 1.54. The van der Waals surface area contributed by atoms with E-state index in [4.69, 9.17) is 5.26 Å². The summed E-state index contributed by atoms with van der Waals surface area (Å²) in [6, 6.07) is 19.2. The molecule has 7 nitrogen and oxygen atoms in total. The largest absolute Gasteiger partial charge is 0.355 e. The molecule has 7 heteroatoms. The van der Waals surface area contributed by atoms with Crippen LogP contribution in [0.25, 0.3) is 0 Å². The van der Waals surface area contributed by atoms with Gasteiger partial charge in [-0.15, -0.1) is 0 Å². The summed E-state index contributed by atoms with van der Waals surface area (Å²) < 4.78 is 0. The van der Waals surface area contributed by atoms with Crippen LogP contribution < -0.4 is 16.0 Å². The number of anilines is 4. The average molecular weight is 371 g/mol. The Labute approximate surface area is 162 Å². The highest BCUT2D eigenvalue weighted by Gasteiger charge is 2.09. The van der Waals surface area contributed by atoms with Crippen LogP contribution in [0.2, 0.25) is 0 Å². The van der Waals surface area contributed by atoms with Gasteiger partial charge < -0.3 is 16.0 Å². The minimum Gasteiger partial charge on any atom is -0.355 e. The van der Waals surface area contributed by atoms with Crippen LogP contribution in [0, 0.1) is 11.3 Å². The monoisotopic (exact) mass is 371 g/mol. The minimum absolute atomic E-state index is 0.132. The van der Waals surface area contributed by atoms with Crippen molar-refractivity contribution >= 4 is 34.6 Å². The number of benzene rings is 2. The molecule has 2 amide bonds. The molecular formula is C21H17N5O2. The number of aromatic nitrogens is 1. The lowest BCUT2D eigenvalue weighted by Crippen LogP contribution is -2.13. The normalized spacial score (nSPS) is 9.86. The molecule has 0 atom stereocenters. The van der Waals surface area contributed by atoms with Crippen molar-refractivity contribution in [3.8, 4) is 6.07 Å². The second-order valence-electron chi connectivity index (χ2n) is 5.96. The lowest BCUT2D eigenvalue weighted by atomic mass is 10.2. The van der Waals surface area contributed by atoms with Crippen LogP contribution in [0.5, 0.6) is 0 Å². The summed E-state index contributed by atoms with van der Waals surface area (Å²) in [7, 11) is 0. The van der Waals surface area contributed by atoms with Crippen LogP contribution in [0.15, 0.2) is 66.9 Å². The number of nitrogens with one attached hydrogen (secondary N) is 3. The maximum absolute atomic E-state index is 12.4. The second-order valence-corrected chi connectivity index (χ2v) is 5.96. The molecule has 0 fully saturated rings. The van der Waals surface area contributed by atoms with Crippen LogP contribution in [0.4, 0.5) is 22.7 Å². The fraction of sp³-hybridized carbons (Fsp3) is 0.0476. The number of hydrogen-bond acceptors (Lipinski definition) is 5. The van der Waals surface area contributed by atoms with Gasteiger partial charge in [0.2, 0.25) is 5.91 Å². The Morgan fingerprint density at radius 1 is 0.857 bits per heavy atom. The zero-order valence-electron chi connectivity index (χ0n) is 15.1. The Bertz CT molecular complexity index is 1040. The number of carbonyl (C=O) groups excluding carboxylic acids is 2. The SMILES string of the molecule is CC(=O)Nc1ccc(Nc2ccnc(C(=O)Nc3ccc(C#N)cc3)c2)cc1. The molecule has 1 heterocycles. The Balaban J connectivity index is 1.68. The fourth-order valence-electron chi connectivity index (χ4n) is 2.46. The Morgan fingerprint density at radius 2 is 1.46 bits per heavy atom. The smallest absolute Gasteiger partial charge is 0.274 e. The molecule has 3 rings (SSSR count). The summed E-state index contributed by atoms with van der Waals surface area (Å²) in [6.45, 7) is 1.45. The third-order valence-electron chi connectivity index (χ3n) is 3.76. The van der Waals surface area contributed by atoms with Gasteiger partial charge in [0, 0.05) is 35.9 Å². The topological polar surface area (TPSA) is 107 Å². The molecule has 0 bridgehead atoms. The minimum atomic E-state index is -0.352. The summed E-state index contributed by atoms with van der Waals surface area (Å²) in [5.41, 5.74) is 3.56. The van der Waals surface area contributed by atoms with E-state index in [0.29, 0.717) is 22.6 Å². The molecule has 138 valence electrons. The number of nitriles is 1. The molecule has 0 saturated heterocycles. The predicted molar refractivity (Wildman–Crippen MR) is 107 cm³/mol. The maximum Gasteiger partial charge on any atom is 0.274 e. The van der Waals surface area contributed by atoms with E-state index in [9.17, 15) is 9.59 Å². The van der Waals surface area contributed by atoms with E-state index in [1.165, 1.54) is 6.92 Å². The van der Waals surface area contributed by atoms with Gasteiger partial charge in [-0.1, -0.05) is 0 Å². The third-order valence-corrected chi connectivity index (χ3v) is 3.76.